The minimum absolute atomic E-state index is 0.148. The highest BCUT2D eigenvalue weighted by molar-refractivity contribution is 7.14. The van der Waals surface area contributed by atoms with Gasteiger partial charge in [0.05, 0.1) is 5.56 Å². The van der Waals surface area contributed by atoms with Crippen molar-refractivity contribution in [3.05, 3.63) is 45.2 Å². The van der Waals surface area contributed by atoms with Crippen molar-refractivity contribution in [1.29, 1.82) is 5.26 Å². The second-order valence-electron chi connectivity index (χ2n) is 4.01. The molecule has 0 fully saturated rings. The second-order valence-corrected chi connectivity index (χ2v) is 4.93. The van der Waals surface area contributed by atoms with E-state index >= 15 is 0 Å². The number of rotatable bonds is 4. The Morgan fingerprint density at radius 3 is 3.00 bits per heavy atom. The standard InChI is InChI=1S/C13H12N4O2S/c1-2-6-17-11(18)4-3-10(16-17)12(19)15-13-9(8-14)5-7-20-13/h3-5,7H,2,6H2,1H3,(H,15,19). The first-order valence-corrected chi connectivity index (χ1v) is 6.90. The van der Waals surface area contributed by atoms with Crippen molar-refractivity contribution in [2.24, 2.45) is 0 Å². The molecular formula is C13H12N4O2S. The maximum atomic E-state index is 12.1. The molecule has 0 bridgehead atoms. The molecule has 0 aliphatic heterocycles. The van der Waals surface area contributed by atoms with Gasteiger partial charge in [0.25, 0.3) is 11.5 Å². The molecule has 2 aromatic heterocycles. The van der Waals surface area contributed by atoms with Crippen LogP contribution in [0.15, 0.2) is 28.4 Å². The van der Waals surface area contributed by atoms with Crippen LogP contribution in [0.1, 0.15) is 29.4 Å². The lowest BCUT2D eigenvalue weighted by Gasteiger charge is -2.06. The number of nitriles is 1. The van der Waals surface area contributed by atoms with Gasteiger partial charge in [-0.1, -0.05) is 6.92 Å². The van der Waals surface area contributed by atoms with E-state index in [-0.39, 0.29) is 11.3 Å². The number of nitrogens with zero attached hydrogens (tertiary/aromatic N) is 3. The van der Waals surface area contributed by atoms with E-state index in [2.05, 4.69) is 10.4 Å². The fourth-order valence-electron chi connectivity index (χ4n) is 1.60. The van der Waals surface area contributed by atoms with E-state index < -0.39 is 5.91 Å². The van der Waals surface area contributed by atoms with Crippen molar-refractivity contribution in [1.82, 2.24) is 9.78 Å². The van der Waals surface area contributed by atoms with Crippen molar-refractivity contribution in [2.75, 3.05) is 5.32 Å². The molecule has 2 rings (SSSR count). The monoisotopic (exact) mass is 288 g/mol. The Labute approximate surface area is 119 Å². The van der Waals surface area contributed by atoms with Gasteiger partial charge in [0.15, 0.2) is 0 Å². The molecule has 0 unspecified atom stereocenters. The van der Waals surface area contributed by atoms with E-state index in [9.17, 15) is 9.59 Å². The van der Waals surface area contributed by atoms with Crippen molar-refractivity contribution in [3.63, 3.8) is 0 Å². The molecule has 0 aliphatic carbocycles. The van der Waals surface area contributed by atoms with Crippen LogP contribution in [0.5, 0.6) is 0 Å². The van der Waals surface area contributed by atoms with Crippen LogP contribution >= 0.6 is 11.3 Å². The molecule has 2 heterocycles. The summed E-state index contributed by atoms with van der Waals surface area (Å²) >= 11 is 1.26. The Kier molecular flexibility index (Phi) is 4.27. The lowest BCUT2D eigenvalue weighted by molar-refractivity contribution is 0.102. The fraction of sp³-hybridized carbons (Fsp3) is 0.231. The molecule has 1 amide bonds. The number of anilines is 1. The van der Waals surface area contributed by atoms with E-state index in [1.807, 2.05) is 13.0 Å². The molecule has 0 radical (unpaired) electrons. The number of nitrogens with one attached hydrogen (secondary N) is 1. The number of aromatic nitrogens is 2. The number of hydrogen-bond donors (Lipinski definition) is 1. The number of aryl methyl sites for hydroxylation is 1. The quantitative estimate of drug-likeness (QED) is 0.929. The van der Waals surface area contributed by atoms with Crippen molar-refractivity contribution in [2.45, 2.75) is 19.9 Å². The summed E-state index contributed by atoms with van der Waals surface area (Å²) in [4.78, 5) is 23.6. The number of hydrogen-bond acceptors (Lipinski definition) is 5. The largest absolute Gasteiger partial charge is 0.311 e. The molecule has 6 nitrogen and oxygen atoms in total. The second kappa shape index (κ2) is 6.12. The lowest BCUT2D eigenvalue weighted by Crippen LogP contribution is -2.26. The van der Waals surface area contributed by atoms with Gasteiger partial charge in [-0.2, -0.15) is 10.4 Å². The van der Waals surface area contributed by atoms with E-state index in [0.29, 0.717) is 17.1 Å². The summed E-state index contributed by atoms with van der Waals surface area (Å²) in [5.41, 5.74) is 0.317. The number of amides is 1. The number of carbonyl (C=O) groups excluding carboxylic acids is 1. The first kappa shape index (κ1) is 14.0. The fourth-order valence-corrected chi connectivity index (χ4v) is 2.34. The molecule has 7 heteroatoms. The van der Waals surface area contributed by atoms with Gasteiger partial charge in [-0.05, 0) is 23.9 Å². The zero-order valence-corrected chi connectivity index (χ0v) is 11.6. The molecule has 1 N–H and O–H groups in total. The molecule has 0 spiro atoms. The Morgan fingerprint density at radius 2 is 2.30 bits per heavy atom. The summed E-state index contributed by atoms with van der Waals surface area (Å²) in [6, 6.07) is 6.32. The van der Waals surface area contributed by atoms with Crippen LogP contribution in [0.25, 0.3) is 0 Å². The molecule has 102 valence electrons. The summed E-state index contributed by atoms with van der Waals surface area (Å²) in [6.45, 7) is 2.38. The molecule has 0 aromatic carbocycles. The highest BCUT2D eigenvalue weighted by atomic mass is 32.1. The molecule has 0 saturated heterocycles. The summed E-state index contributed by atoms with van der Waals surface area (Å²) in [5, 5.41) is 17.7. The Bertz CT molecular complexity index is 726. The molecule has 20 heavy (non-hydrogen) atoms. The molecule has 0 atom stereocenters. The predicted octanol–water partition coefficient (Wildman–Crippen LogP) is 1.84. The third-order valence-corrected chi connectivity index (χ3v) is 3.38. The number of carbonyl (C=O) groups is 1. The summed E-state index contributed by atoms with van der Waals surface area (Å²) in [6.07, 6.45) is 0.751. The van der Waals surface area contributed by atoms with Gasteiger partial charge >= 0.3 is 0 Å². The van der Waals surface area contributed by atoms with Crippen molar-refractivity contribution in [3.8, 4) is 6.07 Å². The zero-order valence-electron chi connectivity index (χ0n) is 10.8. The van der Waals surface area contributed by atoms with Crippen LogP contribution in [0.2, 0.25) is 0 Å². The maximum Gasteiger partial charge on any atom is 0.276 e. The van der Waals surface area contributed by atoms with E-state index in [1.165, 1.54) is 28.2 Å². The predicted molar refractivity (Wildman–Crippen MR) is 75.8 cm³/mol. The van der Waals surface area contributed by atoms with Crippen LogP contribution < -0.4 is 10.9 Å². The first-order chi connectivity index (χ1) is 9.65. The maximum absolute atomic E-state index is 12.1. The molecular weight excluding hydrogens is 276 g/mol. The van der Waals surface area contributed by atoms with Gasteiger partial charge in [0.2, 0.25) is 0 Å². The van der Waals surface area contributed by atoms with Crippen LogP contribution in [0.3, 0.4) is 0 Å². The Morgan fingerprint density at radius 1 is 1.50 bits per heavy atom. The summed E-state index contributed by atoms with van der Waals surface area (Å²) in [5.74, 6) is -0.436. The van der Waals surface area contributed by atoms with Crippen LogP contribution in [0.4, 0.5) is 5.00 Å². The van der Waals surface area contributed by atoms with Gasteiger partial charge in [0, 0.05) is 12.6 Å². The van der Waals surface area contributed by atoms with E-state index in [4.69, 9.17) is 5.26 Å². The third kappa shape index (κ3) is 2.92. The average molecular weight is 288 g/mol. The van der Waals surface area contributed by atoms with Gasteiger partial charge in [-0.25, -0.2) is 4.68 Å². The smallest absolute Gasteiger partial charge is 0.276 e. The van der Waals surface area contributed by atoms with Crippen LogP contribution in [-0.4, -0.2) is 15.7 Å². The minimum Gasteiger partial charge on any atom is -0.311 e. The van der Waals surface area contributed by atoms with Gasteiger partial charge in [0.1, 0.15) is 16.8 Å². The van der Waals surface area contributed by atoms with Crippen molar-refractivity contribution < 1.29 is 4.79 Å². The highest BCUT2D eigenvalue weighted by Crippen LogP contribution is 2.22. The normalized spacial score (nSPS) is 10.0. The van der Waals surface area contributed by atoms with E-state index in [0.717, 1.165) is 6.42 Å². The van der Waals surface area contributed by atoms with Gasteiger partial charge < -0.3 is 5.32 Å². The summed E-state index contributed by atoms with van der Waals surface area (Å²) < 4.78 is 1.26. The lowest BCUT2D eigenvalue weighted by atomic mass is 10.3. The zero-order chi connectivity index (χ0) is 14.5. The SMILES string of the molecule is CCCn1nc(C(=O)Nc2sccc2C#N)ccc1=O. The first-order valence-electron chi connectivity index (χ1n) is 6.02. The summed E-state index contributed by atoms with van der Waals surface area (Å²) in [7, 11) is 0. The van der Waals surface area contributed by atoms with E-state index in [1.54, 1.807) is 11.4 Å². The molecule has 0 saturated carbocycles. The number of thiophene rings is 1. The Hall–Kier alpha value is -2.46. The molecule has 0 aliphatic rings. The third-order valence-electron chi connectivity index (χ3n) is 2.55. The average Bonchev–Trinajstić information content (AvgIpc) is 2.88. The van der Waals surface area contributed by atoms with Gasteiger partial charge in [-0.15, -0.1) is 11.3 Å². The topological polar surface area (TPSA) is 87.8 Å². The molecule has 2 aromatic rings. The van der Waals surface area contributed by atoms with Gasteiger partial charge in [-0.3, -0.25) is 9.59 Å². The Balaban J connectivity index is 2.24. The minimum atomic E-state index is -0.436. The van der Waals surface area contributed by atoms with Crippen LogP contribution in [0, 0.1) is 11.3 Å². The van der Waals surface area contributed by atoms with Crippen LogP contribution in [-0.2, 0) is 6.54 Å². The highest BCUT2D eigenvalue weighted by Gasteiger charge is 2.12. The van der Waals surface area contributed by atoms with Crippen molar-refractivity contribution >= 4 is 22.2 Å².